The van der Waals surface area contributed by atoms with Crippen LogP contribution in [0.3, 0.4) is 0 Å². The Bertz CT molecular complexity index is 342. The Labute approximate surface area is 109 Å². The lowest BCUT2D eigenvalue weighted by Gasteiger charge is -2.13. The highest BCUT2D eigenvalue weighted by Crippen LogP contribution is 2.02. The first kappa shape index (κ1) is 15.1. The molecule has 1 aromatic rings. The zero-order chi connectivity index (χ0) is 13.4. The molecule has 4 heteroatoms. The molecule has 0 bridgehead atoms. The molecule has 0 radical (unpaired) electrons. The minimum atomic E-state index is -0.465. The quantitative estimate of drug-likeness (QED) is 0.736. The van der Waals surface area contributed by atoms with Gasteiger partial charge in [0.2, 0.25) is 0 Å². The van der Waals surface area contributed by atoms with Crippen LogP contribution in [0.25, 0.3) is 0 Å². The van der Waals surface area contributed by atoms with Crippen LogP contribution in [0.2, 0.25) is 0 Å². The second kappa shape index (κ2) is 8.19. The van der Waals surface area contributed by atoms with E-state index in [2.05, 4.69) is 24.1 Å². The van der Waals surface area contributed by atoms with E-state index >= 15 is 0 Å². The van der Waals surface area contributed by atoms with Crippen molar-refractivity contribution >= 4 is 0 Å². The van der Waals surface area contributed by atoms with Crippen molar-refractivity contribution in [2.24, 2.45) is 5.92 Å². The van der Waals surface area contributed by atoms with Crippen molar-refractivity contribution in [1.82, 2.24) is 10.3 Å². The van der Waals surface area contributed by atoms with Crippen LogP contribution >= 0.6 is 0 Å². The zero-order valence-corrected chi connectivity index (χ0v) is 11.5. The van der Waals surface area contributed by atoms with Gasteiger partial charge in [0.15, 0.2) is 0 Å². The van der Waals surface area contributed by atoms with Crippen molar-refractivity contribution in [2.75, 3.05) is 19.8 Å². The monoisotopic (exact) mass is 252 g/mol. The van der Waals surface area contributed by atoms with Crippen LogP contribution in [0.15, 0.2) is 18.3 Å². The van der Waals surface area contributed by atoms with Crippen LogP contribution in [0.5, 0.6) is 0 Å². The predicted molar refractivity (Wildman–Crippen MR) is 72.3 cm³/mol. The molecule has 18 heavy (non-hydrogen) atoms. The van der Waals surface area contributed by atoms with Crippen LogP contribution in [0.4, 0.5) is 0 Å². The highest BCUT2D eigenvalue weighted by Gasteiger charge is 2.05. The van der Waals surface area contributed by atoms with Crippen LogP contribution in [-0.4, -0.2) is 36.0 Å². The van der Waals surface area contributed by atoms with E-state index in [9.17, 15) is 5.11 Å². The summed E-state index contributed by atoms with van der Waals surface area (Å²) in [5.41, 5.74) is 2.18. The van der Waals surface area contributed by atoms with Gasteiger partial charge in [0, 0.05) is 25.9 Å². The second-order valence-electron chi connectivity index (χ2n) is 4.98. The highest BCUT2D eigenvalue weighted by atomic mass is 16.5. The van der Waals surface area contributed by atoms with Gasteiger partial charge in [-0.15, -0.1) is 0 Å². The maximum atomic E-state index is 9.70. The van der Waals surface area contributed by atoms with Gasteiger partial charge in [-0.25, -0.2) is 0 Å². The third-order valence-electron chi connectivity index (χ3n) is 2.55. The predicted octanol–water partition coefficient (Wildman–Crippen LogP) is 1.51. The first-order chi connectivity index (χ1) is 8.59. The van der Waals surface area contributed by atoms with Gasteiger partial charge in [0.1, 0.15) is 0 Å². The van der Waals surface area contributed by atoms with Crippen LogP contribution in [0.1, 0.15) is 25.1 Å². The maximum Gasteiger partial charge on any atom is 0.0897 e. The lowest BCUT2D eigenvalue weighted by Crippen LogP contribution is -2.31. The van der Waals surface area contributed by atoms with Crippen LogP contribution in [-0.2, 0) is 11.3 Å². The molecular weight excluding hydrogens is 228 g/mol. The summed E-state index contributed by atoms with van der Waals surface area (Å²) in [5.74, 6) is 0.501. The normalized spacial score (nSPS) is 12.9. The number of nitrogens with zero attached hydrogens (tertiary/aromatic N) is 1. The Morgan fingerprint density at radius 3 is 2.83 bits per heavy atom. The number of hydrogen-bond donors (Lipinski definition) is 2. The number of aromatic nitrogens is 1. The van der Waals surface area contributed by atoms with Gasteiger partial charge in [0.05, 0.1) is 18.4 Å². The van der Waals surface area contributed by atoms with E-state index in [1.165, 1.54) is 0 Å². The third kappa shape index (κ3) is 6.10. The zero-order valence-electron chi connectivity index (χ0n) is 11.5. The van der Waals surface area contributed by atoms with Gasteiger partial charge in [-0.05, 0) is 24.5 Å². The molecule has 0 aliphatic carbocycles. The molecule has 0 fully saturated rings. The largest absolute Gasteiger partial charge is 0.389 e. The topological polar surface area (TPSA) is 54.4 Å². The Balaban J connectivity index is 2.15. The van der Waals surface area contributed by atoms with Gasteiger partial charge in [-0.1, -0.05) is 19.9 Å². The number of hydrogen-bond acceptors (Lipinski definition) is 4. The summed E-state index contributed by atoms with van der Waals surface area (Å²) in [4.78, 5) is 4.29. The van der Waals surface area contributed by atoms with Crippen LogP contribution < -0.4 is 5.32 Å². The molecule has 102 valence electrons. The summed E-state index contributed by atoms with van der Waals surface area (Å²) in [7, 11) is 0. The van der Waals surface area contributed by atoms with Gasteiger partial charge in [-0.3, -0.25) is 4.98 Å². The number of pyridine rings is 1. The molecule has 1 atom stereocenters. The summed E-state index contributed by atoms with van der Waals surface area (Å²) in [6, 6.07) is 3.96. The third-order valence-corrected chi connectivity index (χ3v) is 2.55. The second-order valence-corrected chi connectivity index (χ2v) is 4.98. The average Bonchev–Trinajstić information content (AvgIpc) is 2.31. The number of aryl methyl sites for hydroxylation is 1. The van der Waals surface area contributed by atoms with E-state index in [1.807, 2.05) is 19.1 Å². The minimum absolute atomic E-state index is 0.381. The van der Waals surface area contributed by atoms with Gasteiger partial charge < -0.3 is 15.2 Å². The molecule has 1 heterocycles. The lowest BCUT2D eigenvalue weighted by molar-refractivity contribution is 0.0260. The summed E-state index contributed by atoms with van der Waals surface area (Å²) in [5, 5.41) is 12.9. The first-order valence-electron chi connectivity index (χ1n) is 6.46. The van der Waals surface area contributed by atoms with Gasteiger partial charge >= 0.3 is 0 Å². The number of ether oxygens (including phenoxy) is 1. The van der Waals surface area contributed by atoms with Crippen molar-refractivity contribution in [3.63, 3.8) is 0 Å². The van der Waals surface area contributed by atoms with Crippen molar-refractivity contribution in [1.29, 1.82) is 0 Å². The molecule has 0 aliphatic rings. The number of rotatable bonds is 8. The molecule has 4 nitrogen and oxygen atoms in total. The standard InChI is InChI=1S/C14H24N2O2/c1-11(2)9-18-10-13(17)7-15-8-14-12(3)5-4-6-16-14/h4-6,11,13,15,17H,7-10H2,1-3H3. The summed E-state index contributed by atoms with van der Waals surface area (Å²) in [6.45, 7) is 8.49. The van der Waals surface area contributed by atoms with Crippen molar-refractivity contribution in [2.45, 2.75) is 33.4 Å². The smallest absolute Gasteiger partial charge is 0.0897 e. The number of aliphatic hydroxyl groups is 1. The number of nitrogens with one attached hydrogen (secondary N) is 1. The van der Waals surface area contributed by atoms with Gasteiger partial charge in [-0.2, -0.15) is 0 Å². The molecule has 0 spiro atoms. The molecule has 2 N–H and O–H groups in total. The Kier molecular flexibility index (Phi) is 6.86. The molecule has 1 unspecified atom stereocenters. The Morgan fingerprint density at radius 1 is 1.39 bits per heavy atom. The van der Waals surface area contributed by atoms with E-state index in [0.717, 1.165) is 11.3 Å². The molecule has 0 amide bonds. The first-order valence-corrected chi connectivity index (χ1v) is 6.46. The summed E-state index contributed by atoms with van der Waals surface area (Å²) >= 11 is 0. The SMILES string of the molecule is Cc1cccnc1CNCC(O)COCC(C)C. The molecule has 1 rings (SSSR count). The Hall–Kier alpha value is -0.970. The minimum Gasteiger partial charge on any atom is -0.389 e. The molecule has 1 aromatic heterocycles. The number of aliphatic hydroxyl groups excluding tert-OH is 1. The summed E-state index contributed by atoms with van der Waals surface area (Å²) in [6.07, 6.45) is 1.32. The van der Waals surface area contributed by atoms with Crippen LogP contribution in [0, 0.1) is 12.8 Å². The van der Waals surface area contributed by atoms with E-state index in [-0.39, 0.29) is 0 Å². The van der Waals surface area contributed by atoms with E-state index in [1.54, 1.807) is 6.20 Å². The fraction of sp³-hybridized carbons (Fsp3) is 0.643. The fourth-order valence-corrected chi connectivity index (χ4v) is 1.56. The van der Waals surface area contributed by atoms with Gasteiger partial charge in [0.25, 0.3) is 0 Å². The average molecular weight is 252 g/mol. The highest BCUT2D eigenvalue weighted by molar-refractivity contribution is 5.17. The van der Waals surface area contributed by atoms with Crippen molar-refractivity contribution < 1.29 is 9.84 Å². The van der Waals surface area contributed by atoms with E-state index in [4.69, 9.17) is 4.74 Å². The fourth-order valence-electron chi connectivity index (χ4n) is 1.56. The van der Waals surface area contributed by atoms with E-state index in [0.29, 0.717) is 32.2 Å². The molecular formula is C14H24N2O2. The maximum absolute atomic E-state index is 9.70. The lowest BCUT2D eigenvalue weighted by atomic mass is 10.2. The summed E-state index contributed by atoms with van der Waals surface area (Å²) < 4.78 is 5.38. The van der Waals surface area contributed by atoms with Crippen molar-refractivity contribution in [3.8, 4) is 0 Å². The molecule has 0 aromatic carbocycles. The molecule has 0 saturated heterocycles. The molecule has 0 saturated carbocycles. The van der Waals surface area contributed by atoms with Crippen molar-refractivity contribution in [3.05, 3.63) is 29.6 Å². The molecule has 0 aliphatic heterocycles. The Morgan fingerprint density at radius 2 is 2.17 bits per heavy atom. The van der Waals surface area contributed by atoms with E-state index < -0.39 is 6.10 Å².